The van der Waals surface area contributed by atoms with Crippen LogP contribution in [-0.2, 0) is 19.9 Å². The normalized spacial score (nSPS) is 19.4. The predicted octanol–water partition coefficient (Wildman–Crippen LogP) is 1.71. The third-order valence-electron chi connectivity index (χ3n) is 4.08. The summed E-state index contributed by atoms with van der Waals surface area (Å²) in [7, 11) is -7.28. The fourth-order valence-corrected chi connectivity index (χ4v) is 6.27. The maximum atomic E-state index is 12.8. The van der Waals surface area contributed by atoms with Crippen LogP contribution in [0.1, 0.15) is 12.8 Å². The molecule has 0 unspecified atom stereocenters. The van der Waals surface area contributed by atoms with Gasteiger partial charge in [-0.1, -0.05) is 18.2 Å². The number of benzene rings is 1. The maximum absolute atomic E-state index is 12.8. The van der Waals surface area contributed by atoms with Crippen molar-refractivity contribution >= 4 is 19.9 Å². The van der Waals surface area contributed by atoms with E-state index in [2.05, 4.69) is 4.98 Å². The van der Waals surface area contributed by atoms with Crippen molar-refractivity contribution < 1.29 is 16.8 Å². The number of sulfonamides is 1. The van der Waals surface area contributed by atoms with E-state index in [1.54, 1.807) is 24.3 Å². The maximum Gasteiger partial charge on any atom is 0.244 e. The second-order valence-electron chi connectivity index (χ2n) is 5.70. The Hall–Kier alpha value is -1.77. The summed E-state index contributed by atoms with van der Waals surface area (Å²) in [6.07, 6.45) is 3.97. The van der Waals surface area contributed by atoms with E-state index in [1.807, 2.05) is 0 Å². The minimum Gasteiger partial charge on any atom is -0.263 e. The molecule has 128 valence electrons. The Morgan fingerprint density at radius 1 is 1.00 bits per heavy atom. The summed E-state index contributed by atoms with van der Waals surface area (Å²) in [5, 5.41) is 0. The summed E-state index contributed by atoms with van der Waals surface area (Å²) < 4.78 is 51.9. The van der Waals surface area contributed by atoms with E-state index in [4.69, 9.17) is 0 Å². The molecule has 1 fully saturated rings. The Bertz CT molecular complexity index is 898. The van der Waals surface area contributed by atoms with E-state index in [0.29, 0.717) is 19.4 Å². The third-order valence-corrected chi connectivity index (χ3v) is 7.83. The van der Waals surface area contributed by atoms with E-state index in [0.717, 1.165) is 0 Å². The van der Waals surface area contributed by atoms with Crippen LogP contribution in [0.4, 0.5) is 0 Å². The first-order chi connectivity index (χ1) is 11.4. The van der Waals surface area contributed by atoms with Gasteiger partial charge < -0.3 is 0 Å². The molecule has 24 heavy (non-hydrogen) atoms. The highest BCUT2D eigenvalue weighted by atomic mass is 32.2. The van der Waals surface area contributed by atoms with Crippen LogP contribution in [0, 0.1) is 0 Å². The second kappa shape index (κ2) is 6.62. The second-order valence-corrected chi connectivity index (χ2v) is 9.62. The molecule has 1 aliphatic heterocycles. The van der Waals surface area contributed by atoms with Gasteiger partial charge in [0.05, 0.1) is 10.6 Å². The van der Waals surface area contributed by atoms with Crippen LogP contribution in [0.25, 0.3) is 0 Å². The van der Waals surface area contributed by atoms with E-state index in [-0.39, 0.29) is 15.5 Å². The fraction of sp³-hybridized carbons (Fsp3) is 0.312. The molecule has 1 atom stereocenters. The molecular formula is C16H18N2O4S2. The molecule has 1 aliphatic rings. The fourth-order valence-electron chi connectivity index (χ4n) is 2.90. The molecule has 0 spiro atoms. The average molecular weight is 366 g/mol. The quantitative estimate of drug-likeness (QED) is 0.804. The minimum absolute atomic E-state index is 0.0917. The topological polar surface area (TPSA) is 84.4 Å². The van der Waals surface area contributed by atoms with Gasteiger partial charge in [0.1, 0.15) is 4.90 Å². The van der Waals surface area contributed by atoms with Crippen molar-refractivity contribution in [3.05, 3.63) is 54.9 Å². The van der Waals surface area contributed by atoms with Crippen molar-refractivity contribution in [2.75, 3.05) is 12.3 Å². The first kappa shape index (κ1) is 17.1. The lowest BCUT2D eigenvalue weighted by molar-refractivity contribution is 0.407. The van der Waals surface area contributed by atoms with Crippen LogP contribution in [-0.4, -0.2) is 44.5 Å². The molecule has 6 nitrogen and oxygen atoms in total. The van der Waals surface area contributed by atoms with Crippen LogP contribution in [0.3, 0.4) is 0 Å². The number of hydrogen-bond acceptors (Lipinski definition) is 5. The lowest BCUT2D eigenvalue weighted by atomic mass is 10.3. The third kappa shape index (κ3) is 3.35. The highest BCUT2D eigenvalue weighted by Gasteiger charge is 2.38. The number of sulfone groups is 1. The van der Waals surface area contributed by atoms with Crippen molar-refractivity contribution in [2.45, 2.75) is 28.7 Å². The Morgan fingerprint density at radius 3 is 2.38 bits per heavy atom. The van der Waals surface area contributed by atoms with Gasteiger partial charge in [0, 0.05) is 25.0 Å². The van der Waals surface area contributed by atoms with Gasteiger partial charge in [-0.2, -0.15) is 4.31 Å². The molecule has 0 radical (unpaired) electrons. The number of pyridine rings is 1. The van der Waals surface area contributed by atoms with Gasteiger partial charge in [-0.25, -0.2) is 16.8 Å². The molecule has 0 amide bonds. The van der Waals surface area contributed by atoms with Crippen LogP contribution in [0.2, 0.25) is 0 Å². The molecule has 2 heterocycles. The van der Waals surface area contributed by atoms with Crippen LogP contribution >= 0.6 is 0 Å². The van der Waals surface area contributed by atoms with E-state index in [9.17, 15) is 16.8 Å². The number of aromatic nitrogens is 1. The molecule has 2 aromatic rings. The molecule has 8 heteroatoms. The Kier molecular flexibility index (Phi) is 4.71. The summed E-state index contributed by atoms with van der Waals surface area (Å²) in [6, 6.07) is 10.6. The van der Waals surface area contributed by atoms with Crippen molar-refractivity contribution in [2.24, 2.45) is 0 Å². The van der Waals surface area contributed by atoms with Crippen molar-refractivity contribution in [1.29, 1.82) is 0 Å². The van der Waals surface area contributed by atoms with Gasteiger partial charge >= 0.3 is 0 Å². The molecule has 1 aromatic carbocycles. The standard InChI is InChI=1S/C16H18N2O4S2/c19-23(20,15-7-2-1-3-8-15)13-14-6-5-11-18(14)24(21,22)16-9-4-10-17-12-16/h1-4,7-10,12,14H,5-6,11,13H2/t14-/m0/s1. The van der Waals surface area contributed by atoms with E-state index < -0.39 is 25.9 Å². The van der Waals surface area contributed by atoms with Crippen LogP contribution in [0.5, 0.6) is 0 Å². The summed E-state index contributed by atoms with van der Waals surface area (Å²) in [6.45, 7) is 0.326. The molecule has 1 aromatic heterocycles. The Labute approximate surface area is 142 Å². The zero-order valence-electron chi connectivity index (χ0n) is 12.9. The molecule has 1 saturated heterocycles. The predicted molar refractivity (Wildman–Crippen MR) is 89.6 cm³/mol. The van der Waals surface area contributed by atoms with Gasteiger partial charge in [-0.3, -0.25) is 4.98 Å². The zero-order valence-corrected chi connectivity index (χ0v) is 14.6. The first-order valence-electron chi connectivity index (χ1n) is 7.61. The molecule has 0 N–H and O–H groups in total. The van der Waals surface area contributed by atoms with Crippen molar-refractivity contribution in [3.63, 3.8) is 0 Å². The molecule has 0 bridgehead atoms. The Morgan fingerprint density at radius 2 is 1.71 bits per heavy atom. The highest BCUT2D eigenvalue weighted by Crippen LogP contribution is 2.28. The van der Waals surface area contributed by atoms with Gasteiger partial charge in [-0.05, 0) is 37.1 Å². The minimum atomic E-state index is -3.74. The summed E-state index contributed by atoms with van der Waals surface area (Å²) in [5.41, 5.74) is 0. The lowest BCUT2D eigenvalue weighted by Gasteiger charge is -2.23. The highest BCUT2D eigenvalue weighted by molar-refractivity contribution is 7.91. The number of nitrogens with zero attached hydrogens (tertiary/aromatic N) is 2. The van der Waals surface area contributed by atoms with Gasteiger partial charge in [0.15, 0.2) is 9.84 Å². The molecule has 3 rings (SSSR count). The average Bonchev–Trinajstić information content (AvgIpc) is 3.05. The van der Waals surface area contributed by atoms with Crippen molar-refractivity contribution in [3.8, 4) is 0 Å². The molecule has 0 saturated carbocycles. The zero-order chi connectivity index (χ0) is 17.2. The Balaban J connectivity index is 1.87. The van der Waals surface area contributed by atoms with Crippen molar-refractivity contribution in [1.82, 2.24) is 9.29 Å². The number of rotatable bonds is 5. The smallest absolute Gasteiger partial charge is 0.244 e. The molecular weight excluding hydrogens is 348 g/mol. The molecule has 0 aliphatic carbocycles. The lowest BCUT2D eigenvalue weighted by Crippen LogP contribution is -2.39. The van der Waals surface area contributed by atoms with Crippen LogP contribution < -0.4 is 0 Å². The summed E-state index contributed by atoms with van der Waals surface area (Å²) >= 11 is 0. The first-order valence-corrected chi connectivity index (χ1v) is 10.7. The van der Waals surface area contributed by atoms with Crippen LogP contribution in [0.15, 0.2) is 64.6 Å². The van der Waals surface area contributed by atoms with Gasteiger partial charge in [-0.15, -0.1) is 0 Å². The van der Waals surface area contributed by atoms with E-state index in [1.165, 1.54) is 34.9 Å². The van der Waals surface area contributed by atoms with Gasteiger partial charge in [0.2, 0.25) is 10.0 Å². The van der Waals surface area contributed by atoms with Gasteiger partial charge in [0.25, 0.3) is 0 Å². The largest absolute Gasteiger partial charge is 0.263 e. The SMILES string of the molecule is O=S(=O)(C[C@@H]1CCCN1S(=O)(=O)c1cccnc1)c1ccccc1. The monoisotopic (exact) mass is 366 g/mol. The number of hydrogen-bond donors (Lipinski definition) is 0. The summed E-state index contributed by atoms with van der Waals surface area (Å²) in [4.78, 5) is 4.16. The van der Waals surface area contributed by atoms with E-state index >= 15 is 0 Å². The summed E-state index contributed by atoms with van der Waals surface area (Å²) in [5.74, 6) is -0.212.